The van der Waals surface area contributed by atoms with E-state index in [4.69, 9.17) is 9.47 Å². The van der Waals surface area contributed by atoms with E-state index in [2.05, 4.69) is 4.74 Å². The smallest absolute Gasteiger partial charge is 0.418 e. The molecule has 7 heteroatoms. The first-order valence-corrected chi connectivity index (χ1v) is 5.55. The van der Waals surface area contributed by atoms with Gasteiger partial charge in [0.25, 0.3) is 0 Å². The third-order valence-corrected chi connectivity index (χ3v) is 2.63. The van der Waals surface area contributed by atoms with E-state index >= 15 is 0 Å². The van der Waals surface area contributed by atoms with E-state index in [9.17, 15) is 17.6 Å². The van der Waals surface area contributed by atoms with Crippen LogP contribution in [0.5, 0.6) is 5.75 Å². The van der Waals surface area contributed by atoms with Crippen LogP contribution in [-0.2, 0) is 9.47 Å². The van der Waals surface area contributed by atoms with Gasteiger partial charge in [0.05, 0.1) is 20.3 Å². The number of alkyl halides is 3. The number of benzene rings is 1. The molecule has 0 radical (unpaired) electrons. The Morgan fingerprint density at radius 1 is 1.42 bits per heavy atom. The van der Waals surface area contributed by atoms with Gasteiger partial charge >= 0.3 is 6.18 Å². The van der Waals surface area contributed by atoms with Gasteiger partial charge in [-0.1, -0.05) is 6.07 Å². The standard InChI is InChI=1S/C12H12F4O3/c1-17-10-3-2-7(4-9(10)13)11(12(14,15)16)19-6-8-5-18-8/h2-4,8,11H,5-6H2,1H3/t8-,11+/m1/s1. The lowest BCUT2D eigenvalue weighted by Gasteiger charge is -2.21. The molecule has 1 aromatic carbocycles. The molecule has 2 rings (SSSR count). The van der Waals surface area contributed by atoms with Gasteiger partial charge in [-0.3, -0.25) is 0 Å². The summed E-state index contributed by atoms with van der Waals surface area (Å²) in [6.07, 6.45) is -7.08. The molecule has 1 aliphatic heterocycles. The largest absolute Gasteiger partial charge is 0.494 e. The Balaban J connectivity index is 2.18. The molecule has 1 fully saturated rings. The average molecular weight is 280 g/mol. The molecule has 106 valence electrons. The number of rotatable bonds is 5. The second-order valence-electron chi connectivity index (χ2n) is 4.10. The van der Waals surface area contributed by atoms with Crippen molar-refractivity contribution in [3.8, 4) is 5.75 Å². The summed E-state index contributed by atoms with van der Waals surface area (Å²) >= 11 is 0. The fourth-order valence-electron chi connectivity index (χ4n) is 1.59. The van der Waals surface area contributed by atoms with Crippen molar-refractivity contribution < 1.29 is 31.8 Å². The molecule has 1 aliphatic rings. The fourth-order valence-corrected chi connectivity index (χ4v) is 1.59. The summed E-state index contributed by atoms with van der Waals surface area (Å²) in [6.45, 7) is 0.222. The van der Waals surface area contributed by atoms with Gasteiger partial charge in [0, 0.05) is 0 Å². The maximum Gasteiger partial charge on any atom is 0.418 e. The van der Waals surface area contributed by atoms with E-state index in [1.807, 2.05) is 0 Å². The average Bonchev–Trinajstić information content (AvgIpc) is 3.12. The highest BCUT2D eigenvalue weighted by molar-refractivity contribution is 5.31. The second-order valence-corrected chi connectivity index (χ2v) is 4.10. The molecule has 3 nitrogen and oxygen atoms in total. The van der Waals surface area contributed by atoms with Gasteiger partial charge < -0.3 is 14.2 Å². The van der Waals surface area contributed by atoms with E-state index < -0.39 is 18.1 Å². The van der Waals surface area contributed by atoms with Gasteiger partial charge in [-0.15, -0.1) is 0 Å². The lowest BCUT2D eigenvalue weighted by Crippen LogP contribution is -2.25. The van der Waals surface area contributed by atoms with Crippen molar-refractivity contribution in [1.29, 1.82) is 0 Å². The molecule has 1 aromatic rings. The molecule has 0 N–H and O–H groups in total. The van der Waals surface area contributed by atoms with Gasteiger partial charge in [0.2, 0.25) is 0 Å². The monoisotopic (exact) mass is 280 g/mol. The Hall–Kier alpha value is -1.34. The highest BCUT2D eigenvalue weighted by atomic mass is 19.4. The Kier molecular flexibility index (Phi) is 3.96. The van der Waals surface area contributed by atoms with Crippen molar-refractivity contribution in [2.75, 3.05) is 20.3 Å². The summed E-state index contributed by atoms with van der Waals surface area (Å²) in [4.78, 5) is 0. The quantitative estimate of drug-likeness (QED) is 0.614. The highest BCUT2D eigenvalue weighted by Gasteiger charge is 2.43. The number of epoxide rings is 1. The van der Waals surface area contributed by atoms with Crippen LogP contribution in [0.1, 0.15) is 11.7 Å². The van der Waals surface area contributed by atoms with E-state index in [1.165, 1.54) is 7.11 Å². The van der Waals surface area contributed by atoms with Crippen LogP contribution in [0, 0.1) is 5.82 Å². The molecule has 0 aliphatic carbocycles. The summed E-state index contributed by atoms with van der Waals surface area (Å²) < 4.78 is 66.3. The molecule has 2 atom stereocenters. The molecule has 0 unspecified atom stereocenters. The lowest BCUT2D eigenvalue weighted by molar-refractivity contribution is -0.224. The Morgan fingerprint density at radius 2 is 2.11 bits per heavy atom. The minimum Gasteiger partial charge on any atom is -0.494 e. The van der Waals surface area contributed by atoms with Crippen LogP contribution >= 0.6 is 0 Å². The molecule has 0 saturated carbocycles. The first-order valence-electron chi connectivity index (χ1n) is 5.55. The molecular weight excluding hydrogens is 268 g/mol. The molecule has 19 heavy (non-hydrogen) atoms. The molecule has 0 amide bonds. The zero-order valence-electron chi connectivity index (χ0n) is 10.0. The minimum absolute atomic E-state index is 0.116. The normalized spacial score (nSPS) is 20.2. The summed E-state index contributed by atoms with van der Waals surface area (Å²) in [5.41, 5.74) is -0.300. The van der Waals surface area contributed by atoms with Crippen molar-refractivity contribution >= 4 is 0 Å². The maximum absolute atomic E-state index is 13.4. The van der Waals surface area contributed by atoms with Crippen molar-refractivity contribution in [3.63, 3.8) is 0 Å². The van der Waals surface area contributed by atoms with E-state index in [1.54, 1.807) is 0 Å². The van der Waals surface area contributed by atoms with Gasteiger partial charge in [-0.2, -0.15) is 13.2 Å². The van der Waals surface area contributed by atoms with Crippen LogP contribution in [0.25, 0.3) is 0 Å². The molecular formula is C12H12F4O3. The van der Waals surface area contributed by atoms with Gasteiger partial charge in [-0.25, -0.2) is 4.39 Å². The number of hydrogen-bond acceptors (Lipinski definition) is 3. The minimum atomic E-state index is -4.62. The van der Waals surface area contributed by atoms with Gasteiger partial charge in [0.15, 0.2) is 17.7 Å². The van der Waals surface area contributed by atoms with Crippen LogP contribution in [0.4, 0.5) is 17.6 Å². The summed E-state index contributed by atoms with van der Waals surface area (Å²) in [5.74, 6) is -0.976. The van der Waals surface area contributed by atoms with E-state index in [0.29, 0.717) is 6.61 Å². The van der Waals surface area contributed by atoms with Crippen molar-refractivity contribution in [1.82, 2.24) is 0 Å². The Bertz CT molecular complexity index is 443. The molecule has 0 aromatic heterocycles. The third-order valence-electron chi connectivity index (χ3n) is 2.63. The van der Waals surface area contributed by atoms with Crippen molar-refractivity contribution in [2.45, 2.75) is 18.4 Å². The summed E-state index contributed by atoms with van der Waals surface area (Å²) in [5, 5.41) is 0. The van der Waals surface area contributed by atoms with Crippen LogP contribution in [0.15, 0.2) is 18.2 Å². The van der Waals surface area contributed by atoms with Crippen LogP contribution < -0.4 is 4.74 Å². The molecule has 1 saturated heterocycles. The second kappa shape index (κ2) is 5.34. The van der Waals surface area contributed by atoms with Gasteiger partial charge in [0.1, 0.15) is 6.10 Å². The first kappa shape index (κ1) is 14.1. The number of hydrogen-bond donors (Lipinski definition) is 0. The predicted molar refractivity (Wildman–Crippen MR) is 57.4 cm³/mol. The topological polar surface area (TPSA) is 31.0 Å². The van der Waals surface area contributed by atoms with E-state index in [0.717, 1.165) is 18.2 Å². The summed E-state index contributed by atoms with van der Waals surface area (Å²) in [6, 6.07) is 3.04. The fraction of sp³-hybridized carbons (Fsp3) is 0.500. The van der Waals surface area contributed by atoms with Crippen LogP contribution in [-0.4, -0.2) is 32.6 Å². The van der Waals surface area contributed by atoms with Crippen LogP contribution in [0.2, 0.25) is 0 Å². The molecule has 0 bridgehead atoms. The van der Waals surface area contributed by atoms with Crippen LogP contribution in [0.3, 0.4) is 0 Å². The molecule has 0 spiro atoms. The number of ether oxygens (including phenoxy) is 3. The molecule has 1 heterocycles. The van der Waals surface area contributed by atoms with Crippen molar-refractivity contribution in [3.05, 3.63) is 29.6 Å². The highest BCUT2D eigenvalue weighted by Crippen LogP contribution is 2.37. The zero-order chi connectivity index (χ0) is 14.0. The lowest BCUT2D eigenvalue weighted by atomic mass is 10.1. The van der Waals surface area contributed by atoms with Gasteiger partial charge in [-0.05, 0) is 17.7 Å². The Labute approximate surface area is 107 Å². The van der Waals surface area contributed by atoms with E-state index in [-0.39, 0.29) is 24.0 Å². The van der Waals surface area contributed by atoms with Crippen molar-refractivity contribution in [2.24, 2.45) is 0 Å². The zero-order valence-corrected chi connectivity index (χ0v) is 10.0. The predicted octanol–water partition coefficient (Wildman–Crippen LogP) is 2.85. The summed E-state index contributed by atoms with van der Waals surface area (Å²) in [7, 11) is 1.24. The number of halogens is 4. The maximum atomic E-state index is 13.4. The Morgan fingerprint density at radius 3 is 2.58 bits per heavy atom. The SMILES string of the molecule is COc1ccc([C@H](OC[C@H]2CO2)C(F)(F)F)cc1F. The number of methoxy groups -OCH3 is 1. The third kappa shape index (κ3) is 3.57. The first-order chi connectivity index (χ1) is 8.91.